The number of hydrogen-bond donors (Lipinski definition) is 2. The van der Waals surface area contributed by atoms with Crippen LogP contribution in [0.3, 0.4) is 0 Å². The van der Waals surface area contributed by atoms with Gasteiger partial charge < -0.3 is 15.4 Å². The Morgan fingerprint density at radius 1 is 1.55 bits per heavy atom. The summed E-state index contributed by atoms with van der Waals surface area (Å²) in [6, 6.07) is 2.57. The van der Waals surface area contributed by atoms with Crippen molar-refractivity contribution in [3.63, 3.8) is 0 Å². The number of nitrogens with zero attached hydrogens (tertiary/aromatic N) is 1. The number of rotatable bonds is 4. The van der Waals surface area contributed by atoms with Gasteiger partial charge in [0.15, 0.2) is 0 Å². The van der Waals surface area contributed by atoms with E-state index in [4.69, 9.17) is 4.74 Å². The molecule has 7 nitrogen and oxygen atoms in total. The van der Waals surface area contributed by atoms with Gasteiger partial charge in [0.2, 0.25) is 0 Å². The van der Waals surface area contributed by atoms with Crippen LogP contribution in [0.2, 0.25) is 0 Å². The van der Waals surface area contributed by atoms with Gasteiger partial charge in [-0.3, -0.25) is 14.9 Å². The van der Waals surface area contributed by atoms with Crippen molar-refractivity contribution in [2.45, 2.75) is 12.1 Å². The summed E-state index contributed by atoms with van der Waals surface area (Å²) in [6.07, 6.45) is -0.196. The fraction of sp³-hybridized carbons (Fsp3) is 0.417. The first-order valence-electron chi connectivity index (χ1n) is 6.01. The number of methoxy groups -OCH3 is 1. The minimum atomic E-state index is -0.779. The highest BCUT2D eigenvalue weighted by atomic mass is 19.1. The van der Waals surface area contributed by atoms with Gasteiger partial charge in [-0.1, -0.05) is 0 Å². The third kappa shape index (κ3) is 2.91. The highest BCUT2D eigenvalue weighted by molar-refractivity contribution is 5.98. The molecule has 2 N–H and O–H groups in total. The Labute approximate surface area is 114 Å². The van der Waals surface area contributed by atoms with Crippen LogP contribution < -0.4 is 10.6 Å². The van der Waals surface area contributed by atoms with Crippen LogP contribution in [-0.4, -0.2) is 43.2 Å². The first-order valence-corrected chi connectivity index (χ1v) is 6.01. The molecule has 1 aliphatic heterocycles. The zero-order chi connectivity index (χ0) is 14.7. The molecule has 8 heteroatoms. The van der Waals surface area contributed by atoms with Crippen LogP contribution >= 0.6 is 0 Å². The van der Waals surface area contributed by atoms with Gasteiger partial charge in [0.1, 0.15) is 11.4 Å². The number of halogens is 1. The quantitative estimate of drug-likeness (QED) is 0.618. The second-order valence-corrected chi connectivity index (χ2v) is 4.43. The molecule has 0 aromatic heterocycles. The second-order valence-electron chi connectivity index (χ2n) is 4.43. The molecule has 1 aromatic carbocycles. The molecule has 0 radical (unpaired) electrons. The Balaban J connectivity index is 2.19. The number of amides is 1. The van der Waals surface area contributed by atoms with Gasteiger partial charge in [-0.15, -0.1) is 0 Å². The number of ether oxygens (including phenoxy) is 1. The Morgan fingerprint density at radius 2 is 2.30 bits per heavy atom. The van der Waals surface area contributed by atoms with E-state index in [0.717, 1.165) is 18.2 Å². The van der Waals surface area contributed by atoms with Gasteiger partial charge in [0, 0.05) is 20.2 Å². The number of carbonyl (C=O) groups is 1. The Bertz CT molecular complexity index is 537. The maximum absolute atomic E-state index is 13.0. The van der Waals surface area contributed by atoms with Crippen molar-refractivity contribution in [2.24, 2.45) is 0 Å². The molecular formula is C12H14FN3O4. The summed E-state index contributed by atoms with van der Waals surface area (Å²) >= 11 is 0. The number of nitro benzene ring substituents is 1. The predicted molar refractivity (Wildman–Crippen MR) is 68.0 cm³/mol. The maximum atomic E-state index is 13.0. The third-order valence-electron chi connectivity index (χ3n) is 3.18. The molecule has 1 aromatic rings. The molecule has 0 saturated carbocycles. The van der Waals surface area contributed by atoms with E-state index >= 15 is 0 Å². The summed E-state index contributed by atoms with van der Waals surface area (Å²) in [4.78, 5) is 22.2. The van der Waals surface area contributed by atoms with E-state index in [1.807, 2.05) is 0 Å². The standard InChI is InChI=1S/C12H14FN3O4/c1-20-11-6-14-5-9(11)15-12(17)8-3-2-7(13)4-10(8)16(18)19/h2-4,9,11,14H,5-6H2,1H3,(H,15,17)/t9?,11-/m0/s1. The van der Waals surface area contributed by atoms with Gasteiger partial charge in [0.05, 0.1) is 23.1 Å². The molecule has 20 heavy (non-hydrogen) atoms. The largest absolute Gasteiger partial charge is 0.378 e. The molecule has 2 atom stereocenters. The average molecular weight is 283 g/mol. The number of nitrogens with one attached hydrogen (secondary N) is 2. The smallest absolute Gasteiger partial charge is 0.285 e. The summed E-state index contributed by atoms with van der Waals surface area (Å²) in [5, 5.41) is 16.6. The van der Waals surface area contributed by atoms with Crippen molar-refractivity contribution in [3.05, 3.63) is 39.7 Å². The normalized spacial score (nSPS) is 21.7. The van der Waals surface area contributed by atoms with Crippen molar-refractivity contribution in [2.75, 3.05) is 20.2 Å². The molecule has 0 bridgehead atoms. The topological polar surface area (TPSA) is 93.5 Å². The van der Waals surface area contributed by atoms with Crippen LogP contribution in [0.15, 0.2) is 18.2 Å². The number of benzene rings is 1. The van der Waals surface area contributed by atoms with E-state index in [1.54, 1.807) is 0 Å². The molecule has 1 unspecified atom stereocenters. The third-order valence-corrected chi connectivity index (χ3v) is 3.18. The number of nitro groups is 1. The maximum Gasteiger partial charge on any atom is 0.285 e. The molecule has 2 rings (SSSR count). The monoisotopic (exact) mass is 283 g/mol. The molecule has 1 fully saturated rings. The van der Waals surface area contributed by atoms with Crippen LogP contribution in [-0.2, 0) is 4.74 Å². The number of hydrogen-bond acceptors (Lipinski definition) is 5. The number of carbonyl (C=O) groups excluding carboxylic acids is 1. The lowest BCUT2D eigenvalue weighted by atomic mass is 10.1. The van der Waals surface area contributed by atoms with E-state index < -0.39 is 22.3 Å². The average Bonchev–Trinajstić information content (AvgIpc) is 2.85. The summed E-state index contributed by atoms with van der Waals surface area (Å²) in [7, 11) is 1.52. The highest BCUT2D eigenvalue weighted by Crippen LogP contribution is 2.20. The Hall–Kier alpha value is -2.06. The summed E-state index contributed by atoms with van der Waals surface area (Å²) in [5.41, 5.74) is -0.722. The fourth-order valence-electron chi connectivity index (χ4n) is 2.14. The molecule has 1 amide bonds. The molecular weight excluding hydrogens is 269 g/mol. The summed E-state index contributed by atoms with van der Waals surface area (Å²) in [5.74, 6) is -1.38. The lowest BCUT2D eigenvalue weighted by molar-refractivity contribution is -0.385. The fourth-order valence-corrected chi connectivity index (χ4v) is 2.14. The Kier molecular flexibility index (Phi) is 4.26. The van der Waals surface area contributed by atoms with Crippen LogP contribution in [0.5, 0.6) is 0 Å². The molecule has 0 aliphatic carbocycles. The van der Waals surface area contributed by atoms with Gasteiger partial charge >= 0.3 is 0 Å². The zero-order valence-corrected chi connectivity index (χ0v) is 10.8. The molecule has 108 valence electrons. The van der Waals surface area contributed by atoms with Crippen molar-refractivity contribution in [1.29, 1.82) is 0 Å². The van der Waals surface area contributed by atoms with Crippen LogP contribution in [0, 0.1) is 15.9 Å². The van der Waals surface area contributed by atoms with Crippen molar-refractivity contribution in [3.8, 4) is 0 Å². The lowest BCUT2D eigenvalue weighted by Crippen LogP contribution is -2.43. The van der Waals surface area contributed by atoms with Crippen molar-refractivity contribution < 1.29 is 18.8 Å². The molecule has 1 aliphatic rings. The lowest BCUT2D eigenvalue weighted by Gasteiger charge is -2.18. The van der Waals surface area contributed by atoms with E-state index in [-0.39, 0.29) is 17.7 Å². The van der Waals surface area contributed by atoms with Crippen molar-refractivity contribution >= 4 is 11.6 Å². The molecule has 0 spiro atoms. The van der Waals surface area contributed by atoms with Crippen LogP contribution in [0.4, 0.5) is 10.1 Å². The minimum absolute atomic E-state index is 0.168. The van der Waals surface area contributed by atoms with Crippen LogP contribution in [0.1, 0.15) is 10.4 Å². The van der Waals surface area contributed by atoms with Crippen LogP contribution in [0.25, 0.3) is 0 Å². The Morgan fingerprint density at radius 3 is 2.95 bits per heavy atom. The minimum Gasteiger partial charge on any atom is -0.378 e. The first kappa shape index (κ1) is 14.4. The van der Waals surface area contributed by atoms with E-state index in [9.17, 15) is 19.3 Å². The van der Waals surface area contributed by atoms with Gasteiger partial charge in [-0.25, -0.2) is 4.39 Å². The van der Waals surface area contributed by atoms with Gasteiger partial charge in [-0.2, -0.15) is 0 Å². The van der Waals surface area contributed by atoms with E-state index in [0.29, 0.717) is 13.1 Å². The summed E-state index contributed by atoms with van der Waals surface area (Å²) in [6.45, 7) is 1.10. The van der Waals surface area contributed by atoms with E-state index in [2.05, 4.69) is 10.6 Å². The second kappa shape index (κ2) is 5.93. The first-order chi connectivity index (χ1) is 9.52. The van der Waals surface area contributed by atoms with Gasteiger partial charge in [-0.05, 0) is 12.1 Å². The SMILES string of the molecule is CO[C@H]1CNCC1NC(=O)c1ccc(F)cc1[N+](=O)[O-]. The van der Waals surface area contributed by atoms with E-state index in [1.165, 1.54) is 7.11 Å². The van der Waals surface area contributed by atoms with Gasteiger partial charge in [0.25, 0.3) is 11.6 Å². The van der Waals surface area contributed by atoms with Crippen molar-refractivity contribution in [1.82, 2.24) is 10.6 Å². The molecule has 1 saturated heterocycles. The zero-order valence-electron chi connectivity index (χ0n) is 10.8. The predicted octanol–water partition coefficient (Wildman–Crippen LogP) is 0.450. The highest BCUT2D eigenvalue weighted by Gasteiger charge is 2.30. The summed E-state index contributed by atoms with van der Waals surface area (Å²) < 4.78 is 18.2. The molecule has 1 heterocycles.